The summed E-state index contributed by atoms with van der Waals surface area (Å²) in [6.45, 7) is 4.40. The number of tetrazole rings is 1. The van der Waals surface area contributed by atoms with Crippen molar-refractivity contribution in [2.45, 2.75) is 32.4 Å². The fourth-order valence-corrected chi connectivity index (χ4v) is 2.77. The third-order valence-electron chi connectivity index (χ3n) is 3.84. The van der Waals surface area contributed by atoms with Crippen LogP contribution < -0.4 is 5.32 Å². The first-order chi connectivity index (χ1) is 10.8. The van der Waals surface area contributed by atoms with Gasteiger partial charge in [-0.15, -0.1) is 10.2 Å². The minimum atomic E-state index is -0.0794. The Morgan fingerprint density at radius 3 is 3.14 bits per heavy atom. The van der Waals surface area contributed by atoms with Gasteiger partial charge in [-0.2, -0.15) is 5.21 Å². The Labute approximate surface area is 128 Å². The van der Waals surface area contributed by atoms with Crippen LogP contribution in [0.1, 0.15) is 25.3 Å². The zero-order valence-corrected chi connectivity index (χ0v) is 12.5. The summed E-state index contributed by atoms with van der Waals surface area (Å²) in [7, 11) is 0. The number of carbonyl (C=O) groups excluding carboxylic acids is 1. The van der Waals surface area contributed by atoms with Gasteiger partial charge in [0.1, 0.15) is 5.69 Å². The lowest BCUT2D eigenvalue weighted by atomic mass is 10.1. The molecule has 1 aliphatic heterocycles. The lowest BCUT2D eigenvalue weighted by Crippen LogP contribution is -2.43. The van der Waals surface area contributed by atoms with Gasteiger partial charge >= 0.3 is 0 Å². The molecule has 1 unspecified atom stereocenters. The van der Waals surface area contributed by atoms with Crippen molar-refractivity contribution in [1.82, 2.24) is 35.8 Å². The summed E-state index contributed by atoms with van der Waals surface area (Å²) >= 11 is 0. The highest BCUT2D eigenvalue weighted by molar-refractivity contribution is 5.81. The molecule has 1 atom stereocenters. The number of amides is 1. The zero-order valence-electron chi connectivity index (χ0n) is 12.5. The number of H-pyrrole nitrogens is 1. The Balaban J connectivity index is 1.79. The topological polar surface area (TPSA) is 99.7 Å². The SMILES string of the molecule is CCC1C(=O)NCCCN1Cc1ccnc(-c2nn[nH]n2)c1. The van der Waals surface area contributed by atoms with Crippen LogP contribution in [-0.4, -0.2) is 55.5 Å². The number of nitrogens with one attached hydrogen (secondary N) is 2. The molecule has 0 radical (unpaired) electrons. The summed E-state index contributed by atoms with van der Waals surface area (Å²) in [4.78, 5) is 18.6. The summed E-state index contributed by atoms with van der Waals surface area (Å²) < 4.78 is 0. The van der Waals surface area contributed by atoms with E-state index in [9.17, 15) is 4.79 Å². The minimum absolute atomic E-state index is 0.0794. The molecule has 1 aliphatic rings. The van der Waals surface area contributed by atoms with Crippen LogP contribution in [0.2, 0.25) is 0 Å². The van der Waals surface area contributed by atoms with Crippen LogP contribution in [0.4, 0.5) is 0 Å². The van der Waals surface area contributed by atoms with Crippen LogP contribution in [-0.2, 0) is 11.3 Å². The van der Waals surface area contributed by atoms with Crippen molar-refractivity contribution < 1.29 is 4.79 Å². The van der Waals surface area contributed by atoms with Gasteiger partial charge in [-0.3, -0.25) is 14.7 Å². The van der Waals surface area contributed by atoms with E-state index in [4.69, 9.17) is 0 Å². The molecule has 0 aromatic carbocycles. The molecule has 2 aromatic heterocycles. The van der Waals surface area contributed by atoms with Crippen molar-refractivity contribution in [3.8, 4) is 11.5 Å². The van der Waals surface area contributed by atoms with Gasteiger partial charge in [0.15, 0.2) is 0 Å². The monoisotopic (exact) mass is 301 g/mol. The number of aromatic nitrogens is 5. The fraction of sp³-hybridized carbons (Fsp3) is 0.500. The minimum Gasteiger partial charge on any atom is -0.355 e. The quantitative estimate of drug-likeness (QED) is 0.846. The molecule has 0 spiro atoms. The highest BCUT2D eigenvalue weighted by Gasteiger charge is 2.26. The fourth-order valence-electron chi connectivity index (χ4n) is 2.77. The molecule has 2 aromatic rings. The summed E-state index contributed by atoms with van der Waals surface area (Å²) in [6, 6.07) is 3.82. The largest absolute Gasteiger partial charge is 0.355 e. The standard InChI is InChI=1S/C14H19N7O/c1-2-12-14(22)16-5-3-7-21(12)9-10-4-6-15-11(8-10)13-17-19-20-18-13/h4,6,8,12H,2-3,5,7,9H2,1H3,(H,16,22)(H,17,18,19,20). The number of carbonyl (C=O) groups is 1. The maximum Gasteiger partial charge on any atom is 0.237 e. The van der Waals surface area contributed by atoms with Crippen molar-refractivity contribution in [2.75, 3.05) is 13.1 Å². The van der Waals surface area contributed by atoms with E-state index in [1.54, 1.807) is 6.20 Å². The number of aromatic amines is 1. The molecule has 22 heavy (non-hydrogen) atoms. The van der Waals surface area contributed by atoms with Crippen molar-refractivity contribution in [1.29, 1.82) is 0 Å². The van der Waals surface area contributed by atoms with Gasteiger partial charge in [0, 0.05) is 25.8 Å². The number of pyridine rings is 1. The van der Waals surface area contributed by atoms with Crippen LogP contribution in [0.15, 0.2) is 18.3 Å². The van der Waals surface area contributed by atoms with E-state index in [-0.39, 0.29) is 11.9 Å². The van der Waals surface area contributed by atoms with Crippen molar-refractivity contribution >= 4 is 5.91 Å². The second-order valence-electron chi connectivity index (χ2n) is 5.32. The molecule has 0 saturated carbocycles. The van der Waals surface area contributed by atoms with E-state index in [1.165, 1.54) is 0 Å². The first-order valence-electron chi connectivity index (χ1n) is 7.48. The molecule has 0 bridgehead atoms. The average Bonchev–Trinajstić information content (AvgIpc) is 3.01. The maximum atomic E-state index is 12.1. The molecule has 3 heterocycles. The van der Waals surface area contributed by atoms with E-state index in [0.717, 1.165) is 31.5 Å². The average molecular weight is 301 g/mol. The maximum absolute atomic E-state index is 12.1. The zero-order chi connectivity index (χ0) is 15.4. The Morgan fingerprint density at radius 2 is 2.36 bits per heavy atom. The van der Waals surface area contributed by atoms with E-state index in [1.807, 2.05) is 19.1 Å². The first kappa shape index (κ1) is 14.6. The number of nitrogens with zero attached hydrogens (tertiary/aromatic N) is 5. The van der Waals surface area contributed by atoms with Gasteiger partial charge in [0.05, 0.1) is 6.04 Å². The molecule has 2 N–H and O–H groups in total. The summed E-state index contributed by atoms with van der Waals surface area (Å²) in [6.07, 6.45) is 3.50. The van der Waals surface area contributed by atoms with Crippen LogP contribution in [0.25, 0.3) is 11.5 Å². The van der Waals surface area contributed by atoms with Gasteiger partial charge in [-0.05, 0) is 35.8 Å². The van der Waals surface area contributed by atoms with Crippen molar-refractivity contribution in [2.24, 2.45) is 0 Å². The van der Waals surface area contributed by atoms with E-state index in [2.05, 4.69) is 35.8 Å². The Morgan fingerprint density at radius 1 is 1.45 bits per heavy atom. The van der Waals surface area contributed by atoms with E-state index < -0.39 is 0 Å². The third-order valence-corrected chi connectivity index (χ3v) is 3.84. The Hall–Kier alpha value is -2.35. The summed E-state index contributed by atoms with van der Waals surface area (Å²) in [5.74, 6) is 0.593. The second kappa shape index (κ2) is 6.61. The Kier molecular flexibility index (Phi) is 4.38. The molecule has 0 aliphatic carbocycles. The number of hydrogen-bond acceptors (Lipinski definition) is 6. The summed E-state index contributed by atoms with van der Waals surface area (Å²) in [5, 5.41) is 16.8. The van der Waals surface area contributed by atoms with Crippen LogP contribution in [0.3, 0.4) is 0 Å². The molecule has 8 heteroatoms. The Bertz CT molecular complexity index is 628. The van der Waals surface area contributed by atoms with Crippen LogP contribution in [0.5, 0.6) is 0 Å². The molecule has 3 rings (SSSR count). The number of hydrogen-bond donors (Lipinski definition) is 2. The van der Waals surface area contributed by atoms with E-state index in [0.29, 0.717) is 18.1 Å². The van der Waals surface area contributed by atoms with Gasteiger partial charge in [-0.1, -0.05) is 6.92 Å². The second-order valence-corrected chi connectivity index (χ2v) is 5.32. The molecular weight excluding hydrogens is 282 g/mol. The lowest BCUT2D eigenvalue weighted by molar-refractivity contribution is -0.125. The predicted octanol–water partition coefficient (Wildman–Crippen LogP) is 0.362. The van der Waals surface area contributed by atoms with Gasteiger partial charge in [0.25, 0.3) is 0 Å². The number of rotatable bonds is 4. The highest BCUT2D eigenvalue weighted by atomic mass is 16.2. The highest BCUT2D eigenvalue weighted by Crippen LogP contribution is 2.17. The van der Waals surface area contributed by atoms with Crippen LogP contribution in [0, 0.1) is 0 Å². The molecule has 1 amide bonds. The van der Waals surface area contributed by atoms with Gasteiger partial charge in [0.2, 0.25) is 11.7 Å². The lowest BCUT2D eigenvalue weighted by Gasteiger charge is -2.27. The molecular formula is C14H19N7O. The third kappa shape index (κ3) is 3.11. The molecule has 1 fully saturated rings. The molecule has 1 saturated heterocycles. The van der Waals surface area contributed by atoms with Gasteiger partial charge in [-0.25, -0.2) is 0 Å². The predicted molar refractivity (Wildman–Crippen MR) is 79.5 cm³/mol. The molecule has 116 valence electrons. The van der Waals surface area contributed by atoms with Crippen molar-refractivity contribution in [3.05, 3.63) is 23.9 Å². The normalized spacial score (nSPS) is 19.7. The first-order valence-corrected chi connectivity index (χ1v) is 7.48. The molecule has 8 nitrogen and oxygen atoms in total. The van der Waals surface area contributed by atoms with Crippen LogP contribution >= 0.6 is 0 Å². The van der Waals surface area contributed by atoms with Gasteiger partial charge < -0.3 is 5.32 Å². The van der Waals surface area contributed by atoms with E-state index >= 15 is 0 Å². The van der Waals surface area contributed by atoms with Crippen molar-refractivity contribution in [3.63, 3.8) is 0 Å². The summed E-state index contributed by atoms with van der Waals surface area (Å²) in [5.41, 5.74) is 1.77. The smallest absolute Gasteiger partial charge is 0.237 e.